The molecule has 0 saturated heterocycles. The third kappa shape index (κ3) is 6.77. The minimum atomic E-state index is -2.83. The van der Waals surface area contributed by atoms with Crippen molar-refractivity contribution in [2.75, 3.05) is 0 Å². The summed E-state index contributed by atoms with van der Waals surface area (Å²) in [6.07, 6.45) is 8.62. The summed E-state index contributed by atoms with van der Waals surface area (Å²) in [5.74, 6) is 2.95. The van der Waals surface area contributed by atoms with Crippen LogP contribution in [0.2, 0.25) is 10.1 Å². The maximum absolute atomic E-state index is 7.54. The summed E-state index contributed by atoms with van der Waals surface area (Å²) in [6, 6.07) is 43.0. The van der Waals surface area contributed by atoms with E-state index in [-0.39, 0.29) is 22.3 Å². The van der Waals surface area contributed by atoms with Crippen LogP contribution in [-0.2, 0) is 8.85 Å². The Balaban J connectivity index is 1.82. The van der Waals surface area contributed by atoms with Gasteiger partial charge in [0.15, 0.2) is 0 Å². The average molecular weight is 617 g/mol. The number of rotatable bonds is 12. The molecule has 2 nitrogen and oxygen atoms in total. The Labute approximate surface area is 268 Å². The molecule has 4 rings (SSSR count). The second-order valence-corrected chi connectivity index (χ2v) is 22.1. The van der Waals surface area contributed by atoms with Crippen molar-refractivity contribution in [1.29, 1.82) is 0 Å². The van der Waals surface area contributed by atoms with Gasteiger partial charge in [-0.3, -0.25) is 0 Å². The smallest absolute Gasteiger partial charge is 0.261 e. The number of terminal acetylenes is 1. The summed E-state index contributed by atoms with van der Waals surface area (Å²) in [7, 11) is -5.64. The lowest BCUT2D eigenvalue weighted by molar-refractivity contribution is 0.123. The summed E-state index contributed by atoms with van der Waals surface area (Å²) in [5, 5.41) is 4.65. The van der Waals surface area contributed by atoms with E-state index in [1.807, 2.05) is 6.08 Å². The normalized spacial score (nSPS) is 13.9. The van der Waals surface area contributed by atoms with Gasteiger partial charge in [0.05, 0.1) is 12.2 Å². The van der Waals surface area contributed by atoms with Gasteiger partial charge >= 0.3 is 0 Å². The molecular weight excluding hydrogens is 569 g/mol. The molecule has 44 heavy (non-hydrogen) atoms. The molecule has 0 amide bonds. The number of hydrogen-bond donors (Lipinski definition) is 0. The van der Waals surface area contributed by atoms with E-state index < -0.39 is 16.6 Å². The molecule has 0 radical (unpaired) electrons. The molecule has 0 aliphatic carbocycles. The molecule has 0 heterocycles. The fourth-order valence-corrected chi connectivity index (χ4v) is 16.0. The minimum absolute atomic E-state index is 0.155. The predicted molar refractivity (Wildman–Crippen MR) is 193 cm³/mol. The highest BCUT2D eigenvalue weighted by atomic mass is 28.4. The first-order valence-corrected chi connectivity index (χ1v) is 19.4. The Kier molecular flexibility index (Phi) is 10.7. The standard InChI is InChI=1S/C40H48O2Si2/c1-9-23-34(42-44(40(6,7)8,37-28-19-13-20-29-37)38-30-21-14-22-31-38)32-33(10-2)41-43(39(3,4)5,35-24-15-11-16-25-35)36-26-17-12-18-27-36/h1,10-22,24-31,33-34H,2,23,32H2,3-8H3. The van der Waals surface area contributed by atoms with E-state index in [4.69, 9.17) is 15.3 Å². The van der Waals surface area contributed by atoms with Crippen LogP contribution in [0.5, 0.6) is 0 Å². The molecule has 228 valence electrons. The molecule has 0 N–H and O–H groups in total. The zero-order valence-corrected chi connectivity index (χ0v) is 29.3. The Morgan fingerprint density at radius 3 is 1.20 bits per heavy atom. The zero-order chi connectivity index (χ0) is 31.8. The molecular formula is C40H48O2Si2. The topological polar surface area (TPSA) is 18.5 Å². The lowest BCUT2D eigenvalue weighted by atomic mass is 10.1. The van der Waals surface area contributed by atoms with Crippen molar-refractivity contribution in [3.63, 3.8) is 0 Å². The number of hydrogen-bond acceptors (Lipinski definition) is 2. The molecule has 4 aromatic carbocycles. The molecule has 0 bridgehead atoms. The SMILES string of the molecule is C#CCC(CC(C=C)O[Si](c1ccccc1)(c1ccccc1)C(C)(C)C)O[Si](c1ccccc1)(c1ccccc1)C(C)(C)C. The fourth-order valence-electron chi connectivity index (χ4n) is 6.62. The Morgan fingerprint density at radius 2 is 0.932 bits per heavy atom. The van der Waals surface area contributed by atoms with Gasteiger partial charge in [-0.05, 0) is 30.8 Å². The van der Waals surface area contributed by atoms with Crippen LogP contribution in [0.4, 0.5) is 0 Å². The van der Waals surface area contributed by atoms with Gasteiger partial charge in [-0.25, -0.2) is 0 Å². The van der Waals surface area contributed by atoms with E-state index in [0.717, 1.165) is 0 Å². The quantitative estimate of drug-likeness (QED) is 0.0934. The first-order valence-electron chi connectivity index (χ1n) is 15.6. The second kappa shape index (κ2) is 14.1. The van der Waals surface area contributed by atoms with E-state index in [0.29, 0.717) is 12.8 Å². The van der Waals surface area contributed by atoms with Crippen LogP contribution in [0.15, 0.2) is 134 Å². The van der Waals surface area contributed by atoms with Crippen LogP contribution in [0.1, 0.15) is 54.4 Å². The Morgan fingerprint density at radius 1 is 0.614 bits per heavy atom. The zero-order valence-electron chi connectivity index (χ0n) is 27.3. The van der Waals surface area contributed by atoms with Crippen molar-refractivity contribution < 1.29 is 8.85 Å². The Hall–Kier alpha value is -3.47. The molecule has 2 unspecified atom stereocenters. The molecule has 2 atom stereocenters. The van der Waals surface area contributed by atoms with Gasteiger partial charge in [0.25, 0.3) is 16.6 Å². The van der Waals surface area contributed by atoms with Crippen molar-refractivity contribution in [2.24, 2.45) is 0 Å². The van der Waals surface area contributed by atoms with Gasteiger partial charge in [0.2, 0.25) is 0 Å². The third-order valence-corrected chi connectivity index (χ3v) is 18.8. The molecule has 0 spiro atoms. The summed E-state index contributed by atoms with van der Waals surface area (Å²) in [6.45, 7) is 18.1. The highest BCUT2D eigenvalue weighted by Crippen LogP contribution is 2.40. The van der Waals surface area contributed by atoms with Crippen molar-refractivity contribution >= 4 is 37.4 Å². The van der Waals surface area contributed by atoms with Crippen molar-refractivity contribution in [2.45, 2.75) is 76.7 Å². The van der Waals surface area contributed by atoms with Crippen molar-refractivity contribution in [3.05, 3.63) is 134 Å². The summed E-state index contributed by atoms with van der Waals surface area (Å²) in [4.78, 5) is 0. The van der Waals surface area contributed by atoms with E-state index in [1.165, 1.54) is 20.7 Å². The lowest BCUT2D eigenvalue weighted by Crippen LogP contribution is -2.68. The lowest BCUT2D eigenvalue weighted by Gasteiger charge is -2.47. The van der Waals surface area contributed by atoms with Gasteiger partial charge in [0, 0.05) is 12.8 Å². The van der Waals surface area contributed by atoms with Crippen molar-refractivity contribution in [1.82, 2.24) is 0 Å². The van der Waals surface area contributed by atoms with Gasteiger partial charge < -0.3 is 8.85 Å². The first kappa shape index (κ1) is 33.4. The Bertz CT molecular complexity index is 1420. The predicted octanol–water partition coefficient (Wildman–Crippen LogP) is 7.48. The molecule has 0 fully saturated rings. The van der Waals surface area contributed by atoms with Crippen LogP contribution in [0.3, 0.4) is 0 Å². The molecule has 0 saturated carbocycles. The fraction of sp³-hybridized carbons (Fsp3) is 0.300. The van der Waals surface area contributed by atoms with Gasteiger partial charge in [-0.1, -0.05) is 169 Å². The summed E-state index contributed by atoms with van der Waals surface area (Å²) < 4.78 is 15.0. The maximum Gasteiger partial charge on any atom is 0.261 e. The summed E-state index contributed by atoms with van der Waals surface area (Å²) >= 11 is 0. The van der Waals surface area contributed by atoms with Gasteiger partial charge in [-0.2, -0.15) is 0 Å². The second-order valence-electron chi connectivity index (χ2n) is 13.6. The van der Waals surface area contributed by atoms with Crippen LogP contribution >= 0.6 is 0 Å². The van der Waals surface area contributed by atoms with E-state index in [2.05, 4.69) is 175 Å². The minimum Gasteiger partial charge on any atom is -0.403 e. The molecule has 0 aliphatic rings. The molecule has 4 aromatic rings. The van der Waals surface area contributed by atoms with Crippen LogP contribution < -0.4 is 20.7 Å². The highest BCUT2D eigenvalue weighted by Gasteiger charge is 2.53. The van der Waals surface area contributed by atoms with Crippen LogP contribution in [0, 0.1) is 12.3 Å². The van der Waals surface area contributed by atoms with Gasteiger partial charge in [0.1, 0.15) is 0 Å². The largest absolute Gasteiger partial charge is 0.403 e. The third-order valence-electron chi connectivity index (χ3n) is 8.61. The molecule has 0 aromatic heterocycles. The van der Waals surface area contributed by atoms with E-state index in [9.17, 15) is 0 Å². The van der Waals surface area contributed by atoms with Gasteiger partial charge in [-0.15, -0.1) is 18.9 Å². The molecule has 4 heteroatoms. The van der Waals surface area contributed by atoms with Crippen molar-refractivity contribution in [3.8, 4) is 12.3 Å². The summed E-state index contributed by atoms with van der Waals surface area (Å²) in [5.41, 5.74) is 0. The first-order chi connectivity index (χ1) is 21.0. The van der Waals surface area contributed by atoms with Crippen LogP contribution in [-0.4, -0.2) is 28.8 Å². The van der Waals surface area contributed by atoms with E-state index >= 15 is 0 Å². The average Bonchev–Trinajstić information content (AvgIpc) is 3.02. The highest BCUT2D eigenvalue weighted by molar-refractivity contribution is 7.00. The number of benzene rings is 4. The maximum atomic E-state index is 7.54. The monoisotopic (exact) mass is 616 g/mol. The van der Waals surface area contributed by atoms with E-state index in [1.54, 1.807) is 0 Å². The molecule has 0 aliphatic heterocycles. The van der Waals surface area contributed by atoms with Crippen LogP contribution in [0.25, 0.3) is 0 Å².